The van der Waals surface area contributed by atoms with Crippen LogP contribution in [0.5, 0.6) is 5.75 Å². The lowest BCUT2D eigenvalue weighted by Crippen LogP contribution is -2.25. The van der Waals surface area contributed by atoms with Crippen LogP contribution >= 0.6 is 0 Å². The highest BCUT2D eigenvalue weighted by Gasteiger charge is 2.27. The number of likely N-dealkylation sites (tertiary alicyclic amines) is 1. The van der Waals surface area contributed by atoms with Crippen molar-refractivity contribution in [3.8, 4) is 5.75 Å². The molecule has 124 valence electrons. The van der Waals surface area contributed by atoms with Crippen LogP contribution in [0.3, 0.4) is 0 Å². The second-order valence-corrected chi connectivity index (χ2v) is 6.08. The number of unbranched alkanes of at least 4 members (excludes halogenated alkanes) is 1. The van der Waals surface area contributed by atoms with Gasteiger partial charge < -0.3 is 4.74 Å². The summed E-state index contributed by atoms with van der Waals surface area (Å²) in [7, 11) is 1.72. The van der Waals surface area contributed by atoms with E-state index < -0.39 is 0 Å². The van der Waals surface area contributed by atoms with Gasteiger partial charge in [-0.2, -0.15) is 0 Å². The number of aryl methyl sites for hydroxylation is 1. The van der Waals surface area contributed by atoms with E-state index in [2.05, 4.69) is 45.5 Å². The van der Waals surface area contributed by atoms with Crippen molar-refractivity contribution in [2.75, 3.05) is 13.7 Å². The smallest absolute Gasteiger partial charge is 0.165 e. The zero-order chi connectivity index (χ0) is 16.1. The number of benzene rings is 1. The van der Waals surface area contributed by atoms with Crippen LogP contribution in [0, 0.1) is 0 Å². The van der Waals surface area contributed by atoms with Gasteiger partial charge in [-0.25, -0.2) is 4.68 Å². The molecule has 0 bridgehead atoms. The van der Waals surface area contributed by atoms with E-state index >= 15 is 0 Å². The summed E-state index contributed by atoms with van der Waals surface area (Å²) in [5, 5.41) is 12.2. The summed E-state index contributed by atoms with van der Waals surface area (Å²) in [5.41, 5.74) is 1.31. The summed E-state index contributed by atoms with van der Waals surface area (Å²) in [6.07, 6.45) is 4.63. The largest absolute Gasteiger partial charge is 0.497 e. The Bertz CT molecular complexity index is 627. The van der Waals surface area contributed by atoms with Crippen LogP contribution in [-0.2, 0) is 13.1 Å². The summed E-state index contributed by atoms with van der Waals surface area (Å²) in [6, 6.07) is 8.81. The van der Waals surface area contributed by atoms with E-state index in [1.165, 1.54) is 18.4 Å². The van der Waals surface area contributed by atoms with Crippen molar-refractivity contribution >= 4 is 0 Å². The summed E-state index contributed by atoms with van der Waals surface area (Å²) < 4.78 is 7.31. The van der Waals surface area contributed by atoms with Crippen LogP contribution in [-0.4, -0.2) is 38.8 Å². The number of hydrogen-bond acceptors (Lipinski definition) is 5. The molecule has 0 spiro atoms. The van der Waals surface area contributed by atoms with Crippen LogP contribution < -0.4 is 4.74 Å². The molecule has 2 aromatic rings. The van der Waals surface area contributed by atoms with Crippen molar-refractivity contribution in [1.29, 1.82) is 0 Å². The van der Waals surface area contributed by atoms with Crippen LogP contribution in [0.1, 0.15) is 50.0 Å². The highest BCUT2D eigenvalue weighted by Crippen LogP contribution is 2.34. The van der Waals surface area contributed by atoms with Gasteiger partial charge in [-0.1, -0.05) is 25.5 Å². The van der Waals surface area contributed by atoms with Crippen LogP contribution in [0.2, 0.25) is 0 Å². The first-order valence-electron chi connectivity index (χ1n) is 8.45. The van der Waals surface area contributed by atoms with Gasteiger partial charge >= 0.3 is 0 Å². The van der Waals surface area contributed by atoms with Gasteiger partial charge in [-0.15, -0.1) is 5.10 Å². The van der Waals surface area contributed by atoms with Crippen molar-refractivity contribution in [3.05, 3.63) is 35.7 Å². The van der Waals surface area contributed by atoms with Gasteiger partial charge in [0.05, 0.1) is 13.7 Å². The molecular formula is C17H25N5O. The van der Waals surface area contributed by atoms with E-state index in [0.717, 1.165) is 44.0 Å². The van der Waals surface area contributed by atoms with Gasteiger partial charge in [0.25, 0.3) is 0 Å². The topological polar surface area (TPSA) is 56.1 Å². The van der Waals surface area contributed by atoms with Crippen LogP contribution in [0.15, 0.2) is 24.3 Å². The number of hydrogen-bond donors (Lipinski definition) is 0. The lowest BCUT2D eigenvalue weighted by atomic mass is 10.0. The highest BCUT2D eigenvalue weighted by molar-refractivity contribution is 5.31. The molecule has 3 rings (SSSR count). The Labute approximate surface area is 137 Å². The van der Waals surface area contributed by atoms with Crippen molar-refractivity contribution < 1.29 is 4.74 Å². The van der Waals surface area contributed by atoms with Gasteiger partial charge in [0.2, 0.25) is 0 Å². The number of rotatable bonds is 7. The Balaban J connectivity index is 1.73. The highest BCUT2D eigenvalue weighted by atomic mass is 16.5. The average Bonchev–Trinajstić information content (AvgIpc) is 3.23. The Morgan fingerprint density at radius 2 is 2.26 bits per heavy atom. The molecule has 1 aliphatic rings. The minimum atomic E-state index is 0.418. The average molecular weight is 315 g/mol. The molecule has 1 aromatic carbocycles. The monoisotopic (exact) mass is 315 g/mol. The molecule has 1 saturated heterocycles. The maximum Gasteiger partial charge on any atom is 0.165 e. The lowest BCUT2D eigenvalue weighted by molar-refractivity contribution is 0.236. The third kappa shape index (κ3) is 3.69. The van der Waals surface area contributed by atoms with E-state index in [0.29, 0.717) is 6.04 Å². The standard InChI is InChI=1S/C17H25N5O/c1-3-4-11-22-17(18-19-20-22)13-21-10-6-9-16(21)14-7-5-8-15(12-14)23-2/h5,7-8,12,16H,3-4,6,9-11,13H2,1-2H3/t16-/m1/s1. The molecule has 1 atom stereocenters. The fraction of sp³-hybridized carbons (Fsp3) is 0.588. The number of nitrogens with zero attached hydrogens (tertiary/aromatic N) is 5. The van der Waals surface area contributed by atoms with Gasteiger partial charge in [0.1, 0.15) is 5.75 Å². The maximum absolute atomic E-state index is 5.36. The predicted octanol–water partition coefficient (Wildman–Crippen LogP) is 2.82. The van der Waals surface area contributed by atoms with Crippen molar-refractivity contribution in [3.63, 3.8) is 0 Å². The first kappa shape index (κ1) is 15.9. The fourth-order valence-corrected chi connectivity index (χ4v) is 3.24. The molecule has 23 heavy (non-hydrogen) atoms. The zero-order valence-corrected chi connectivity index (χ0v) is 14.0. The van der Waals surface area contributed by atoms with Crippen molar-refractivity contribution in [1.82, 2.24) is 25.1 Å². The molecule has 6 nitrogen and oxygen atoms in total. The normalized spacial score (nSPS) is 18.4. The summed E-state index contributed by atoms with van der Waals surface area (Å²) >= 11 is 0. The van der Waals surface area contributed by atoms with Gasteiger partial charge in [0, 0.05) is 12.6 Å². The Hall–Kier alpha value is -1.95. The number of tetrazole rings is 1. The van der Waals surface area contributed by atoms with E-state index in [-0.39, 0.29) is 0 Å². The molecule has 1 aromatic heterocycles. The first-order chi connectivity index (χ1) is 11.3. The van der Waals surface area contributed by atoms with E-state index in [9.17, 15) is 0 Å². The lowest BCUT2D eigenvalue weighted by Gasteiger charge is -2.24. The first-order valence-corrected chi connectivity index (χ1v) is 8.45. The minimum absolute atomic E-state index is 0.418. The Morgan fingerprint density at radius 1 is 1.35 bits per heavy atom. The molecule has 0 amide bonds. The van der Waals surface area contributed by atoms with Gasteiger partial charge in [-0.3, -0.25) is 4.90 Å². The quantitative estimate of drug-likeness (QED) is 0.786. The third-order valence-corrected chi connectivity index (χ3v) is 4.52. The van der Waals surface area contributed by atoms with E-state index in [1.54, 1.807) is 7.11 Å². The third-order valence-electron chi connectivity index (χ3n) is 4.52. The van der Waals surface area contributed by atoms with E-state index in [1.807, 2.05) is 10.7 Å². The number of methoxy groups -OCH3 is 1. The summed E-state index contributed by atoms with van der Waals surface area (Å²) in [6.45, 7) is 4.97. The Morgan fingerprint density at radius 3 is 3.09 bits per heavy atom. The second-order valence-electron chi connectivity index (χ2n) is 6.08. The van der Waals surface area contributed by atoms with Crippen molar-refractivity contribution in [2.45, 2.75) is 51.7 Å². The molecule has 2 heterocycles. The van der Waals surface area contributed by atoms with Crippen molar-refractivity contribution in [2.24, 2.45) is 0 Å². The number of aromatic nitrogens is 4. The summed E-state index contributed by atoms with van der Waals surface area (Å²) in [5.74, 6) is 1.88. The zero-order valence-electron chi connectivity index (χ0n) is 14.0. The van der Waals surface area contributed by atoms with E-state index in [4.69, 9.17) is 4.74 Å². The minimum Gasteiger partial charge on any atom is -0.497 e. The maximum atomic E-state index is 5.36. The van der Waals surface area contributed by atoms with Gasteiger partial charge in [0.15, 0.2) is 5.82 Å². The molecule has 0 aliphatic carbocycles. The van der Waals surface area contributed by atoms with Crippen LogP contribution in [0.25, 0.3) is 0 Å². The molecule has 1 aliphatic heterocycles. The summed E-state index contributed by atoms with van der Waals surface area (Å²) in [4.78, 5) is 2.48. The molecule has 0 unspecified atom stereocenters. The number of ether oxygens (including phenoxy) is 1. The molecular weight excluding hydrogens is 290 g/mol. The van der Waals surface area contributed by atoms with Crippen LogP contribution in [0.4, 0.5) is 0 Å². The fourth-order valence-electron chi connectivity index (χ4n) is 3.24. The second kappa shape index (κ2) is 7.55. The molecule has 0 radical (unpaired) electrons. The molecule has 1 fully saturated rings. The molecule has 0 N–H and O–H groups in total. The SMILES string of the molecule is CCCCn1nnnc1CN1CCC[C@@H]1c1cccc(OC)c1. The molecule has 0 saturated carbocycles. The van der Waals surface area contributed by atoms with Gasteiger partial charge in [-0.05, 0) is 53.9 Å². The predicted molar refractivity (Wildman–Crippen MR) is 88.1 cm³/mol. The molecule has 6 heteroatoms. The Kier molecular flexibility index (Phi) is 5.23.